The summed E-state index contributed by atoms with van der Waals surface area (Å²) in [6, 6.07) is 21.5. The highest BCUT2D eigenvalue weighted by molar-refractivity contribution is 6.13. The van der Waals surface area contributed by atoms with E-state index < -0.39 is 0 Å². The van der Waals surface area contributed by atoms with E-state index in [1.165, 1.54) is 63.7 Å². The first-order chi connectivity index (χ1) is 22.5. The van der Waals surface area contributed by atoms with Gasteiger partial charge in [-0.2, -0.15) is 4.40 Å². The molecular weight excluding hydrogens is 568 g/mol. The van der Waals surface area contributed by atoms with Crippen molar-refractivity contribution in [1.82, 2.24) is 4.98 Å². The van der Waals surface area contributed by atoms with Gasteiger partial charge in [0.25, 0.3) is 0 Å². The number of quaternary nitrogens is 1. The molecule has 230 valence electrons. The number of anilines is 1. The van der Waals surface area contributed by atoms with Crippen LogP contribution < -0.4 is 14.0 Å². The molecule has 5 aliphatic heterocycles. The standard InChI is InChI=1S/C40H39N4O2/c1-4-23-20-42-15-12-25-35-30(9-7-11-33(35)45-3)41-37(25)32(42)18-26(23)28-21-43-31-10-6-5-8-29(31)40-14-16-44(2)22-24-13-17-46-38(28)36(39(40)43)27(24)19-34(40)44/h5-13,15,18,20-21,27,34,36,38-39H,4,14,16-17,19,22H2,1-3H3/q+1/p+1/t27-,34-,36-,38-,39-,40+,44?/m0/s1. The Hall–Kier alpha value is -4.13. The van der Waals surface area contributed by atoms with Crippen molar-refractivity contribution in [2.75, 3.05) is 38.8 Å². The highest BCUT2D eigenvalue weighted by Crippen LogP contribution is 2.67. The van der Waals surface area contributed by atoms with Gasteiger partial charge in [-0.25, -0.2) is 0 Å². The van der Waals surface area contributed by atoms with Crippen LogP contribution in [0.1, 0.15) is 36.5 Å². The summed E-state index contributed by atoms with van der Waals surface area (Å²) in [6.45, 7) is 5.46. The third kappa shape index (κ3) is 2.91. The number of likely N-dealkylation sites (N-methyl/N-ethyl adjacent to an activating group) is 1. The van der Waals surface area contributed by atoms with E-state index in [0.717, 1.165) is 28.6 Å². The number of piperidine rings is 1. The molecule has 11 rings (SSSR count). The molecular formula is C40H40N4O2+2. The molecule has 0 radical (unpaired) electrons. The van der Waals surface area contributed by atoms with Crippen LogP contribution >= 0.6 is 0 Å². The van der Waals surface area contributed by atoms with E-state index in [1.54, 1.807) is 18.2 Å². The predicted octanol–water partition coefficient (Wildman–Crippen LogP) is 6.31. The van der Waals surface area contributed by atoms with Crippen molar-refractivity contribution in [2.45, 2.75) is 49.8 Å². The molecule has 1 N–H and O–H groups in total. The van der Waals surface area contributed by atoms with Gasteiger partial charge in [0.2, 0.25) is 5.52 Å². The summed E-state index contributed by atoms with van der Waals surface area (Å²) in [5.74, 6) is 1.92. The predicted molar refractivity (Wildman–Crippen MR) is 181 cm³/mol. The van der Waals surface area contributed by atoms with Crippen LogP contribution in [0.15, 0.2) is 84.8 Å². The number of hydrogen-bond acceptors (Lipinski definition) is 3. The van der Waals surface area contributed by atoms with Crippen LogP contribution in [0.3, 0.4) is 0 Å². The van der Waals surface area contributed by atoms with Crippen molar-refractivity contribution in [3.63, 3.8) is 0 Å². The zero-order chi connectivity index (χ0) is 30.5. The van der Waals surface area contributed by atoms with E-state index >= 15 is 0 Å². The second-order valence-electron chi connectivity index (χ2n) is 15.0. The van der Waals surface area contributed by atoms with Crippen LogP contribution in [0.25, 0.3) is 32.9 Å². The maximum absolute atomic E-state index is 7.09. The lowest BCUT2D eigenvalue weighted by atomic mass is 9.53. The molecule has 2 saturated heterocycles. The molecule has 6 heteroatoms. The van der Waals surface area contributed by atoms with Crippen LogP contribution in [-0.4, -0.2) is 61.5 Å². The van der Waals surface area contributed by atoms with Gasteiger partial charge in [-0.15, -0.1) is 0 Å². The van der Waals surface area contributed by atoms with E-state index in [4.69, 9.17) is 9.47 Å². The third-order valence-corrected chi connectivity index (χ3v) is 13.4. The minimum absolute atomic E-state index is 0.0688. The fourth-order valence-corrected chi connectivity index (χ4v) is 11.6. The first kappa shape index (κ1) is 26.0. The minimum atomic E-state index is 0.0688. The smallest absolute Gasteiger partial charge is 0.235 e. The first-order valence-corrected chi connectivity index (χ1v) is 17.2. The van der Waals surface area contributed by atoms with Gasteiger partial charge in [0, 0.05) is 64.7 Å². The van der Waals surface area contributed by atoms with E-state index in [0.29, 0.717) is 30.5 Å². The maximum Gasteiger partial charge on any atom is 0.235 e. The molecule has 7 atom stereocenters. The molecule has 1 unspecified atom stereocenters. The molecule has 6 nitrogen and oxygen atoms in total. The van der Waals surface area contributed by atoms with Crippen molar-refractivity contribution in [3.05, 3.63) is 102 Å². The summed E-state index contributed by atoms with van der Waals surface area (Å²) >= 11 is 0. The number of rotatable bonds is 3. The van der Waals surface area contributed by atoms with Gasteiger partial charge in [0.05, 0.1) is 50.4 Å². The lowest BCUT2D eigenvalue weighted by Gasteiger charge is -2.59. The van der Waals surface area contributed by atoms with Gasteiger partial charge in [-0.05, 0) is 47.2 Å². The zero-order valence-corrected chi connectivity index (χ0v) is 26.8. The van der Waals surface area contributed by atoms with E-state index in [9.17, 15) is 0 Å². The summed E-state index contributed by atoms with van der Waals surface area (Å²) in [4.78, 5) is 6.51. The number of aromatic amines is 1. The molecule has 3 aromatic heterocycles. The summed E-state index contributed by atoms with van der Waals surface area (Å²) in [6.07, 6.45) is 13.2. The van der Waals surface area contributed by atoms with Gasteiger partial charge in [-0.3, -0.25) is 0 Å². The summed E-state index contributed by atoms with van der Waals surface area (Å²) in [7, 11) is 4.31. The quantitative estimate of drug-likeness (QED) is 0.148. The number of aromatic nitrogens is 2. The molecule has 2 aromatic carbocycles. The summed E-state index contributed by atoms with van der Waals surface area (Å²) in [5.41, 5.74) is 12.3. The maximum atomic E-state index is 7.09. The number of pyridine rings is 2. The number of ether oxygens (including phenoxy) is 2. The number of methoxy groups -OCH3 is 1. The normalized spacial score (nSPS) is 33.3. The lowest BCUT2D eigenvalue weighted by Crippen LogP contribution is -2.70. The van der Waals surface area contributed by atoms with Gasteiger partial charge in [0.1, 0.15) is 23.9 Å². The van der Waals surface area contributed by atoms with E-state index in [-0.39, 0.29) is 11.5 Å². The molecule has 2 bridgehead atoms. The molecule has 3 fully saturated rings. The summed E-state index contributed by atoms with van der Waals surface area (Å²) < 4.78 is 16.4. The molecule has 1 spiro atoms. The number of H-pyrrole nitrogens is 1. The fourth-order valence-electron chi connectivity index (χ4n) is 11.6. The largest absolute Gasteiger partial charge is 0.496 e. The monoisotopic (exact) mass is 608 g/mol. The lowest BCUT2D eigenvalue weighted by molar-refractivity contribution is -0.925. The molecule has 6 aliphatic rings. The number of para-hydroxylation sites is 1. The molecule has 0 amide bonds. The van der Waals surface area contributed by atoms with Crippen LogP contribution in [0, 0.1) is 11.8 Å². The second kappa shape index (κ2) is 8.61. The van der Waals surface area contributed by atoms with Crippen molar-refractivity contribution in [2.24, 2.45) is 11.8 Å². The highest BCUT2D eigenvalue weighted by Gasteiger charge is 2.74. The Kier molecular flexibility index (Phi) is 4.86. The number of aryl methyl sites for hydroxylation is 1. The van der Waals surface area contributed by atoms with Crippen molar-refractivity contribution >= 4 is 38.6 Å². The van der Waals surface area contributed by atoms with Crippen LogP contribution in [0.5, 0.6) is 5.75 Å². The Bertz CT molecular complexity index is 2230. The molecule has 1 aliphatic carbocycles. The average Bonchev–Trinajstić information content (AvgIpc) is 3.68. The second-order valence-corrected chi connectivity index (χ2v) is 15.0. The topological polar surface area (TPSA) is 41.6 Å². The molecule has 5 aromatic rings. The third-order valence-electron chi connectivity index (χ3n) is 13.4. The fraction of sp³-hybridized carbons (Fsp3) is 0.375. The Balaban J connectivity index is 1.18. The number of nitrogens with zero attached hydrogens (tertiary/aromatic N) is 3. The van der Waals surface area contributed by atoms with Gasteiger partial charge >= 0.3 is 0 Å². The first-order valence-electron chi connectivity index (χ1n) is 17.2. The average molecular weight is 609 g/mol. The van der Waals surface area contributed by atoms with Crippen molar-refractivity contribution < 1.29 is 18.4 Å². The number of hydrogen-bond donors (Lipinski definition) is 1. The van der Waals surface area contributed by atoms with Crippen LogP contribution in [-0.2, 0) is 16.6 Å². The number of fused-ring (bicyclic) bond motifs is 7. The number of benzene rings is 2. The van der Waals surface area contributed by atoms with Gasteiger partial charge < -0.3 is 23.8 Å². The van der Waals surface area contributed by atoms with Crippen molar-refractivity contribution in [1.29, 1.82) is 0 Å². The van der Waals surface area contributed by atoms with Gasteiger partial charge in [-0.1, -0.05) is 37.3 Å². The molecule has 8 heterocycles. The minimum Gasteiger partial charge on any atom is -0.496 e. The molecule has 46 heavy (non-hydrogen) atoms. The zero-order valence-electron chi connectivity index (χ0n) is 26.8. The van der Waals surface area contributed by atoms with Crippen LogP contribution in [0.4, 0.5) is 5.69 Å². The van der Waals surface area contributed by atoms with E-state index in [2.05, 4.69) is 108 Å². The van der Waals surface area contributed by atoms with Gasteiger partial charge in [0.15, 0.2) is 12.4 Å². The number of nitrogens with one attached hydrogen (secondary N) is 1. The van der Waals surface area contributed by atoms with E-state index in [1.807, 2.05) is 0 Å². The Labute approximate surface area is 269 Å². The summed E-state index contributed by atoms with van der Waals surface area (Å²) in [5, 5.41) is 2.34. The Morgan fingerprint density at radius 2 is 2.07 bits per heavy atom. The Morgan fingerprint density at radius 1 is 1.15 bits per heavy atom. The molecule has 1 saturated carbocycles. The van der Waals surface area contributed by atoms with Crippen LogP contribution in [0.2, 0.25) is 0 Å². The highest BCUT2D eigenvalue weighted by atomic mass is 16.5. The van der Waals surface area contributed by atoms with Crippen molar-refractivity contribution in [3.8, 4) is 5.75 Å². The Morgan fingerprint density at radius 3 is 2.96 bits per heavy atom. The SMILES string of the molecule is CCc1c[n+]2ccc3c([nH]c4cccc(OC)c43)c2cc1C1=CN2c3ccccc3[C@@]34CC[N+]5(C)CC6=CCO[C@@H]1[C@@H]([C@H]23)[C@H]6C[C@@H]45.